The minimum absolute atomic E-state index is 0.00221. The third-order valence-corrected chi connectivity index (χ3v) is 3.85. The van der Waals surface area contributed by atoms with Crippen molar-refractivity contribution in [3.05, 3.63) is 72.1 Å². The van der Waals surface area contributed by atoms with Crippen molar-refractivity contribution in [3.8, 4) is 5.75 Å². The molecule has 3 aromatic rings. The molecule has 2 N–H and O–H groups in total. The van der Waals surface area contributed by atoms with Gasteiger partial charge in [0.15, 0.2) is 0 Å². The fourth-order valence-electron chi connectivity index (χ4n) is 2.61. The summed E-state index contributed by atoms with van der Waals surface area (Å²) in [4.78, 5) is 16.0. The summed E-state index contributed by atoms with van der Waals surface area (Å²) in [5.41, 5.74) is 1.98. The van der Waals surface area contributed by atoms with Crippen LogP contribution in [0.2, 0.25) is 0 Å². The van der Waals surface area contributed by atoms with Crippen LogP contribution < -0.4 is 5.32 Å². The Bertz CT molecular complexity index is 831. The third-order valence-electron chi connectivity index (χ3n) is 3.85. The fraction of sp³-hybridized carbons (Fsp3) is 0.158. The van der Waals surface area contributed by atoms with Crippen LogP contribution in [0.15, 0.2) is 60.9 Å². The van der Waals surface area contributed by atoms with E-state index in [2.05, 4.69) is 10.3 Å². The van der Waals surface area contributed by atoms with E-state index in [9.17, 15) is 9.90 Å². The number of carbonyl (C=O) groups is 1. The second kappa shape index (κ2) is 6.48. The topological polar surface area (TPSA) is 62.2 Å². The summed E-state index contributed by atoms with van der Waals surface area (Å²) in [5, 5.41) is 14.6. The Kier molecular flexibility index (Phi) is 4.24. The molecule has 1 atom stereocenters. The van der Waals surface area contributed by atoms with Crippen molar-refractivity contribution in [2.45, 2.75) is 19.4 Å². The van der Waals surface area contributed by atoms with Crippen molar-refractivity contribution < 1.29 is 9.90 Å². The number of aromatic hydroxyl groups is 1. The SMILES string of the molecule is CCC(=O)N[C@H](c1ccncc1)c1ccc2cc(O)ccc2c1. The number of benzene rings is 2. The van der Waals surface area contributed by atoms with Gasteiger partial charge in [-0.25, -0.2) is 0 Å². The number of nitrogens with zero attached hydrogens (tertiary/aromatic N) is 1. The molecule has 1 amide bonds. The Balaban J connectivity index is 2.05. The lowest BCUT2D eigenvalue weighted by atomic mass is 9.96. The maximum Gasteiger partial charge on any atom is 0.220 e. The number of rotatable bonds is 4. The highest BCUT2D eigenvalue weighted by Crippen LogP contribution is 2.27. The second-order valence-electron chi connectivity index (χ2n) is 5.43. The van der Waals surface area contributed by atoms with Crippen molar-refractivity contribution in [2.75, 3.05) is 0 Å². The van der Waals surface area contributed by atoms with Gasteiger partial charge in [-0.2, -0.15) is 0 Å². The summed E-state index contributed by atoms with van der Waals surface area (Å²) < 4.78 is 0. The lowest BCUT2D eigenvalue weighted by Gasteiger charge is -2.20. The molecule has 0 fully saturated rings. The molecule has 0 aliphatic carbocycles. The molecule has 116 valence electrons. The van der Waals surface area contributed by atoms with E-state index in [0.29, 0.717) is 6.42 Å². The zero-order valence-corrected chi connectivity index (χ0v) is 12.9. The van der Waals surface area contributed by atoms with Crippen LogP contribution in [0.3, 0.4) is 0 Å². The summed E-state index contributed by atoms with van der Waals surface area (Å²) in [7, 11) is 0. The van der Waals surface area contributed by atoms with Gasteiger partial charge in [-0.05, 0) is 52.2 Å². The fourth-order valence-corrected chi connectivity index (χ4v) is 2.61. The maximum absolute atomic E-state index is 11.9. The Morgan fingerprint density at radius 3 is 2.48 bits per heavy atom. The van der Waals surface area contributed by atoms with Gasteiger partial charge < -0.3 is 10.4 Å². The lowest BCUT2D eigenvalue weighted by Crippen LogP contribution is -2.28. The molecule has 0 saturated carbocycles. The van der Waals surface area contributed by atoms with Crippen LogP contribution in [0.1, 0.15) is 30.5 Å². The molecule has 23 heavy (non-hydrogen) atoms. The van der Waals surface area contributed by atoms with E-state index >= 15 is 0 Å². The largest absolute Gasteiger partial charge is 0.508 e. The number of phenolic OH excluding ortho intramolecular Hbond substituents is 1. The third kappa shape index (κ3) is 3.31. The number of amides is 1. The average molecular weight is 306 g/mol. The first-order valence-corrected chi connectivity index (χ1v) is 7.59. The van der Waals surface area contributed by atoms with Crippen molar-refractivity contribution >= 4 is 16.7 Å². The minimum Gasteiger partial charge on any atom is -0.508 e. The van der Waals surface area contributed by atoms with E-state index in [1.807, 2.05) is 43.3 Å². The lowest BCUT2D eigenvalue weighted by molar-refractivity contribution is -0.121. The van der Waals surface area contributed by atoms with E-state index in [0.717, 1.165) is 21.9 Å². The van der Waals surface area contributed by atoms with Crippen LogP contribution in [0.4, 0.5) is 0 Å². The zero-order chi connectivity index (χ0) is 16.2. The molecule has 0 radical (unpaired) electrons. The molecular weight excluding hydrogens is 288 g/mol. The number of hydrogen-bond acceptors (Lipinski definition) is 3. The molecule has 0 unspecified atom stereocenters. The average Bonchev–Trinajstić information content (AvgIpc) is 2.59. The van der Waals surface area contributed by atoms with Gasteiger partial charge in [0.1, 0.15) is 5.75 Å². The van der Waals surface area contributed by atoms with E-state index in [4.69, 9.17) is 0 Å². The number of fused-ring (bicyclic) bond motifs is 1. The van der Waals surface area contributed by atoms with Crippen molar-refractivity contribution in [3.63, 3.8) is 0 Å². The van der Waals surface area contributed by atoms with E-state index < -0.39 is 0 Å². The maximum atomic E-state index is 11.9. The number of pyridine rings is 1. The zero-order valence-electron chi connectivity index (χ0n) is 12.9. The van der Waals surface area contributed by atoms with E-state index in [-0.39, 0.29) is 17.7 Å². The number of hydrogen-bond donors (Lipinski definition) is 2. The molecule has 4 nitrogen and oxygen atoms in total. The highest BCUT2D eigenvalue weighted by Gasteiger charge is 2.16. The van der Waals surface area contributed by atoms with Gasteiger partial charge in [-0.1, -0.05) is 25.1 Å². The van der Waals surface area contributed by atoms with Gasteiger partial charge in [0.2, 0.25) is 5.91 Å². The summed E-state index contributed by atoms with van der Waals surface area (Å²) >= 11 is 0. The first-order chi connectivity index (χ1) is 11.2. The van der Waals surface area contributed by atoms with Crippen LogP contribution in [-0.2, 0) is 4.79 Å². The molecule has 1 heterocycles. The molecule has 0 saturated heterocycles. The van der Waals surface area contributed by atoms with Crippen LogP contribution >= 0.6 is 0 Å². The molecule has 0 bridgehead atoms. The number of carbonyl (C=O) groups excluding carboxylic acids is 1. The monoisotopic (exact) mass is 306 g/mol. The molecule has 0 aliphatic heterocycles. The van der Waals surface area contributed by atoms with Gasteiger partial charge in [-0.15, -0.1) is 0 Å². The molecule has 0 spiro atoms. The van der Waals surface area contributed by atoms with E-state index in [1.54, 1.807) is 24.5 Å². The normalized spacial score (nSPS) is 12.0. The number of nitrogens with one attached hydrogen (secondary N) is 1. The smallest absolute Gasteiger partial charge is 0.220 e. The molecular formula is C19H18N2O2. The number of aromatic nitrogens is 1. The molecule has 3 rings (SSSR count). The van der Waals surface area contributed by atoms with Crippen molar-refractivity contribution in [2.24, 2.45) is 0 Å². The van der Waals surface area contributed by atoms with Crippen LogP contribution in [0, 0.1) is 0 Å². The standard InChI is InChI=1S/C19H18N2O2/c1-2-18(23)21-19(13-7-9-20-10-8-13)16-4-3-15-12-17(22)6-5-14(15)11-16/h3-12,19,22H,2H2,1H3,(H,21,23)/t19-/m1/s1. The first kappa shape index (κ1) is 15.0. The van der Waals surface area contributed by atoms with Gasteiger partial charge in [0, 0.05) is 18.8 Å². The highest BCUT2D eigenvalue weighted by atomic mass is 16.3. The van der Waals surface area contributed by atoms with Gasteiger partial charge >= 0.3 is 0 Å². The second-order valence-corrected chi connectivity index (χ2v) is 5.43. The molecule has 2 aromatic carbocycles. The summed E-state index contributed by atoms with van der Waals surface area (Å²) in [6, 6.07) is 14.8. The predicted octanol–water partition coefficient (Wildman–Crippen LogP) is 3.56. The Morgan fingerprint density at radius 2 is 1.74 bits per heavy atom. The van der Waals surface area contributed by atoms with Crippen molar-refractivity contribution in [1.82, 2.24) is 10.3 Å². The Morgan fingerprint density at radius 1 is 1.04 bits per heavy atom. The Hall–Kier alpha value is -2.88. The Labute approximate surface area is 134 Å². The molecule has 4 heteroatoms. The quantitative estimate of drug-likeness (QED) is 0.775. The van der Waals surface area contributed by atoms with Crippen molar-refractivity contribution in [1.29, 1.82) is 0 Å². The summed E-state index contributed by atoms with van der Waals surface area (Å²) in [6.07, 6.45) is 3.88. The van der Waals surface area contributed by atoms with Crippen LogP contribution in [-0.4, -0.2) is 16.0 Å². The van der Waals surface area contributed by atoms with E-state index in [1.165, 1.54) is 0 Å². The van der Waals surface area contributed by atoms with Gasteiger partial charge in [-0.3, -0.25) is 9.78 Å². The summed E-state index contributed by atoms with van der Waals surface area (Å²) in [5.74, 6) is 0.243. The highest BCUT2D eigenvalue weighted by molar-refractivity contribution is 5.85. The summed E-state index contributed by atoms with van der Waals surface area (Å²) in [6.45, 7) is 1.84. The van der Waals surface area contributed by atoms with Crippen LogP contribution in [0.5, 0.6) is 5.75 Å². The predicted molar refractivity (Wildman–Crippen MR) is 90.1 cm³/mol. The van der Waals surface area contributed by atoms with Gasteiger partial charge in [0.05, 0.1) is 6.04 Å². The number of phenols is 1. The first-order valence-electron chi connectivity index (χ1n) is 7.59. The van der Waals surface area contributed by atoms with Crippen LogP contribution in [0.25, 0.3) is 10.8 Å². The minimum atomic E-state index is -0.219. The molecule has 1 aromatic heterocycles. The molecule has 0 aliphatic rings. The van der Waals surface area contributed by atoms with Gasteiger partial charge in [0.25, 0.3) is 0 Å².